The molecule has 2 nitrogen and oxygen atoms in total. The van der Waals surface area contributed by atoms with Crippen molar-refractivity contribution in [1.29, 1.82) is 0 Å². The van der Waals surface area contributed by atoms with E-state index in [2.05, 4.69) is 13.2 Å². The first-order valence-corrected chi connectivity index (χ1v) is 5.33. The standard InChI is InChI=1S/C15H14O2/c1-10(2)11(3)17-15-9-8-14(16)12-6-4-5-7-13(12)15/h4-9,16H,1,3H2,2H3. The summed E-state index contributed by atoms with van der Waals surface area (Å²) in [4.78, 5) is 0. The molecule has 1 N–H and O–H groups in total. The summed E-state index contributed by atoms with van der Waals surface area (Å²) in [5.74, 6) is 1.45. The van der Waals surface area contributed by atoms with E-state index in [-0.39, 0.29) is 5.75 Å². The van der Waals surface area contributed by atoms with Gasteiger partial charge in [-0.2, -0.15) is 0 Å². The summed E-state index contributed by atoms with van der Waals surface area (Å²) >= 11 is 0. The van der Waals surface area contributed by atoms with Crippen molar-refractivity contribution in [1.82, 2.24) is 0 Å². The van der Waals surface area contributed by atoms with Crippen molar-refractivity contribution in [3.63, 3.8) is 0 Å². The van der Waals surface area contributed by atoms with E-state index in [9.17, 15) is 5.11 Å². The highest BCUT2D eigenvalue weighted by Gasteiger charge is 2.07. The molecule has 2 heteroatoms. The first-order chi connectivity index (χ1) is 8.09. The van der Waals surface area contributed by atoms with Crippen LogP contribution in [-0.4, -0.2) is 5.11 Å². The van der Waals surface area contributed by atoms with Gasteiger partial charge in [0.25, 0.3) is 0 Å². The van der Waals surface area contributed by atoms with Crippen LogP contribution in [0.1, 0.15) is 6.92 Å². The normalized spacial score (nSPS) is 10.2. The number of aromatic hydroxyl groups is 1. The zero-order valence-corrected chi connectivity index (χ0v) is 9.73. The van der Waals surface area contributed by atoms with Gasteiger partial charge < -0.3 is 9.84 Å². The van der Waals surface area contributed by atoms with Crippen molar-refractivity contribution in [2.75, 3.05) is 0 Å². The zero-order valence-electron chi connectivity index (χ0n) is 9.73. The molecule has 0 bridgehead atoms. The molecule has 2 rings (SSSR count). The van der Waals surface area contributed by atoms with E-state index in [1.807, 2.05) is 31.2 Å². The van der Waals surface area contributed by atoms with Gasteiger partial charge in [0.05, 0.1) is 0 Å². The Bertz CT molecular complexity index is 597. The molecular formula is C15H14O2. The number of hydrogen-bond acceptors (Lipinski definition) is 2. The molecule has 0 atom stereocenters. The van der Waals surface area contributed by atoms with Crippen LogP contribution in [0.25, 0.3) is 10.8 Å². The molecule has 0 fully saturated rings. The number of benzene rings is 2. The van der Waals surface area contributed by atoms with Gasteiger partial charge >= 0.3 is 0 Å². The molecule has 0 amide bonds. The third kappa shape index (κ3) is 2.16. The van der Waals surface area contributed by atoms with Crippen LogP contribution in [-0.2, 0) is 0 Å². The maximum absolute atomic E-state index is 9.74. The van der Waals surface area contributed by atoms with Crippen LogP contribution in [0.4, 0.5) is 0 Å². The highest BCUT2D eigenvalue weighted by Crippen LogP contribution is 2.33. The van der Waals surface area contributed by atoms with Gasteiger partial charge in [-0.3, -0.25) is 0 Å². The van der Waals surface area contributed by atoms with Gasteiger partial charge in [-0.1, -0.05) is 37.4 Å². The predicted octanol–water partition coefficient (Wildman–Crippen LogP) is 4.01. The van der Waals surface area contributed by atoms with Crippen molar-refractivity contribution in [3.8, 4) is 11.5 Å². The van der Waals surface area contributed by atoms with Gasteiger partial charge in [0.1, 0.15) is 17.3 Å². The van der Waals surface area contributed by atoms with E-state index in [1.165, 1.54) is 0 Å². The molecule has 0 radical (unpaired) electrons. The van der Waals surface area contributed by atoms with Crippen LogP contribution < -0.4 is 4.74 Å². The number of hydrogen-bond donors (Lipinski definition) is 1. The van der Waals surface area contributed by atoms with E-state index in [1.54, 1.807) is 12.1 Å². The molecule has 0 aliphatic rings. The van der Waals surface area contributed by atoms with Crippen LogP contribution in [0.5, 0.6) is 11.5 Å². The third-order valence-electron chi connectivity index (χ3n) is 2.57. The van der Waals surface area contributed by atoms with Gasteiger partial charge in [-0.15, -0.1) is 0 Å². The van der Waals surface area contributed by atoms with Crippen molar-refractivity contribution >= 4 is 10.8 Å². The van der Waals surface area contributed by atoms with Gasteiger partial charge in [-0.05, 0) is 24.6 Å². The Kier molecular flexibility index (Phi) is 2.88. The second-order valence-corrected chi connectivity index (χ2v) is 3.93. The molecule has 0 aromatic heterocycles. The first kappa shape index (κ1) is 11.3. The minimum absolute atomic E-state index is 0.244. The van der Waals surface area contributed by atoms with Crippen LogP contribution in [0.2, 0.25) is 0 Å². The second-order valence-electron chi connectivity index (χ2n) is 3.93. The van der Waals surface area contributed by atoms with Gasteiger partial charge in [0.15, 0.2) is 0 Å². The summed E-state index contributed by atoms with van der Waals surface area (Å²) in [5, 5.41) is 11.4. The molecule has 2 aromatic carbocycles. The molecule has 0 saturated carbocycles. The number of rotatable bonds is 3. The van der Waals surface area contributed by atoms with E-state index < -0.39 is 0 Å². The molecule has 0 spiro atoms. The first-order valence-electron chi connectivity index (χ1n) is 5.33. The monoisotopic (exact) mass is 226 g/mol. The number of phenols is 1. The Balaban J connectivity index is 2.52. The maximum atomic E-state index is 9.74. The van der Waals surface area contributed by atoms with Crippen molar-refractivity contribution in [3.05, 3.63) is 60.9 Å². The van der Waals surface area contributed by atoms with Crippen molar-refractivity contribution < 1.29 is 9.84 Å². The molecular weight excluding hydrogens is 212 g/mol. The highest BCUT2D eigenvalue weighted by atomic mass is 16.5. The highest BCUT2D eigenvalue weighted by molar-refractivity contribution is 5.93. The molecule has 0 aliphatic heterocycles. The number of ether oxygens (including phenoxy) is 1. The van der Waals surface area contributed by atoms with Crippen LogP contribution >= 0.6 is 0 Å². The van der Waals surface area contributed by atoms with Gasteiger partial charge in [0.2, 0.25) is 0 Å². The van der Waals surface area contributed by atoms with Crippen molar-refractivity contribution in [2.45, 2.75) is 6.92 Å². The SMILES string of the molecule is C=C(C)C(=C)Oc1ccc(O)c2ccccc12. The lowest BCUT2D eigenvalue weighted by Gasteiger charge is -2.11. The van der Waals surface area contributed by atoms with Gasteiger partial charge in [-0.25, -0.2) is 0 Å². The Morgan fingerprint density at radius 1 is 1.06 bits per heavy atom. The minimum atomic E-state index is 0.244. The Hall–Kier alpha value is -2.22. The zero-order chi connectivity index (χ0) is 12.4. The number of phenolic OH excluding ortho intramolecular Hbond substituents is 1. The molecule has 17 heavy (non-hydrogen) atoms. The van der Waals surface area contributed by atoms with Gasteiger partial charge in [0, 0.05) is 10.8 Å². The summed E-state index contributed by atoms with van der Waals surface area (Å²) < 4.78 is 5.64. The lowest BCUT2D eigenvalue weighted by molar-refractivity contribution is 0.441. The Labute approximate surface area is 100 Å². The summed E-state index contributed by atoms with van der Waals surface area (Å²) in [7, 11) is 0. The Morgan fingerprint density at radius 3 is 2.35 bits per heavy atom. The fraction of sp³-hybridized carbons (Fsp3) is 0.0667. The predicted molar refractivity (Wildman–Crippen MR) is 70.2 cm³/mol. The average Bonchev–Trinajstić information content (AvgIpc) is 2.33. The van der Waals surface area contributed by atoms with E-state index in [0.29, 0.717) is 11.5 Å². The summed E-state index contributed by atoms with van der Waals surface area (Å²) in [6.45, 7) is 9.41. The Morgan fingerprint density at radius 2 is 1.71 bits per heavy atom. The van der Waals surface area contributed by atoms with E-state index in [4.69, 9.17) is 4.74 Å². The average molecular weight is 226 g/mol. The smallest absolute Gasteiger partial charge is 0.135 e. The van der Waals surface area contributed by atoms with Crippen molar-refractivity contribution in [2.24, 2.45) is 0 Å². The fourth-order valence-corrected chi connectivity index (χ4v) is 1.56. The maximum Gasteiger partial charge on any atom is 0.135 e. The van der Waals surface area contributed by atoms with E-state index >= 15 is 0 Å². The largest absolute Gasteiger partial charge is 0.507 e. The molecule has 0 heterocycles. The number of allylic oxidation sites excluding steroid dienone is 1. The molecule has 0 saturated heterocycles. The third-order valence-corrected chi connectivity index (χ3v) is 2.57. The number of fused-ring (bicyclic) bond motifs is 1. The van der Waals surface area contributed by atoms with Crippen LogP contribution in [0.3, 0.4) is 0 Å². The molecule has 2 aromatic rings. The summed E-state index contributed by atoms with van der Waals surface area (Å²) in [6, 6.07) is 10.9. The topological polar surface area (TPSA) is 29.5 Å². The quantitative estimate of drug-likeness (QED) is 0.632. The van der Waals surface area contributed by atoms with Crippen LogP contribution in [0, 0.1) is 0 Å². The molecule has 86 valence electrons. The lowest BCUT2D eigenvalue weighted by Crippen LogP contribution is -1.94. The minimum Gasteiger partial charge on any atom is -0.507 e. The molecule has 0 unspecified atom stereocenters. The summed E-state index contributed by atoms with van der Waals surface area (Å²) in [5.41, 5.74) is 0.780. The summed E-state index contributed by atoms with van der Waals surface area (Å²) in [6.07, 6.45) is 0. The fourth-order valence-electron chi connectivity index (χ4n) is 1.56. The molecule has 0 aliphatic carbocycles. The second kappa shape index (κ2) is 4.34. The van der Waals surface area contributed by atoms with E-state index in [0.717, 1.165) is 16.3 Å². The van der Waals surface area contributed by atoms with Crippen LogP contribution in [0.15, 0.2) is 60.9 Å². The lowest BCUT2D eigenvalue weighted by atomic mass is 10.1.